The molecule has 0 saturated carbocycles. The molecule has 0 aromatic carbocycles. The Balaban J connectivity index is 1.70. The lowest BCUT2D eigenvalue weighted by Gasteiger charge is -2.16. The highest BCUT2D eigenvalue weighted by atomic mass is 19.1. The van der Waals surface area contributed by atoms with Crippen molar-refractivity contribution in [2.45, 2.75) is 26.4 Å². The molecule has 3 aromatic rings. The quantitative estimate of drug-likeness (QED) is 0.466. The summed E-state index contributed by atoms with van der Waals surface area (Å²) < 4.78 is 15.7. The van der Waals surface area contributed by atoms with Crippen molar-refractivity contribution in [2.75, 3.05) is 18.4 Å². The van der Waals surface area contributed by atoms with Crippen LogP contribution in [0, 0.1) is 5.82 Å². The van der Waals surface area contributed by atoms with Gasteiger partial charge < -0.3 is 25.2 Å². The first-order valence-corrected chi connectivity index (χ1v) is 10.1. The van der Waals surface area contributed by atoms with Crippen LogP contribution in [0.3, 0.4) is 0 Å². The molecule has 172 valence electrons. The third-order valence-corrected chi connectivity index (χ3v) is 5.18. The van der Waals surface area contributed by atoms with Crippen LogP contribution in [0.15, 0.2) is 29.2 Å². The standard InChI is InChI=1S/C20H20FN7O5/c1-2-12-7-16-27(10-15(29)24-14-4-3-11(21)8-23-14)17-13(18(30)28(16)25-12)9-26(19(17)31)6-5-22-20(32)33/h3-4,7-8,22H,2,5-6,9-10H2,1H3,(H,32,33)(H,23,24,29). The molecule has 3 N–H and O–H groups in total. The van der Waals surface area contributed by atoms with E-state index in [-0.39, 0.29) is 48.9 Å². The minimum atomic E-state index is -1.23. The fourth-order valence-corrected chi connectivity index (χ4v) is 3.65. The predicted molar refractivity (Wildman–Crippen MR) is 112 cm³/mol. The topological polar surface area (TPSA) is 151 Å². The van der Waals surface area contributed by atoms with Gasteiger partial charge in [-0.05, 0) is 18.6 Å². The van der Waals surface area contributed by atoms with Crippen LogP contribution in [-0.2, 0) is 24.3 Å². The summed E-state index contributed by atoms with van der Waals surface area (Å²) in [5.74, 6) is -1.46. The van der Waals surface area contributed by atoms with Gasteiger partial charge in [0.1, 0.15) is 29.5 Å². The molecule has 0 aliphatic carbocycles. The van der Waals surface area contributed by atoms with Crippen molar-refractivity contribution in [1.82, 2.24) is 29.4 Å². The van der Waals surface area contributed by atoms with Gasteiger partial charge >= 0.3 is 6.09 Å². The molecule has 0 spiro atoms. The second kappa shape index (κ2) is 8.68. The van der Waals surface area contributed by atoms with Crippen LogP contribution in [0.25, 0.3) is 5.65 Å². The van der Waals surface area contributed by atoms with Gasteiger partial charge in [-0.1, -0.05) is 6.92 Å². The number of halogens is 1. The molecule has 1 aliphatic heterocycles. The van der Waals surface area contributed by atoms with Crippen LogP contribution in [0.5, 0.6) is 0 Å². The smallest absolute Gasteiger partial charge is 0.404 e. The van der Waals surface area contributed by atoms with Crippen molar-refractivity contribution in [2.24, 2.45) is 0 Å². The van der Waals surface area contributed by atoms with Crippen molar-refractivity contribution in [3.05, 3.63) is 57.5 Å². The Morgan fingerprint density at radius 2 is 2.06 bits per heavy atom. The molecule has 0 atom stereocenters. The fraction of sp³-hybridized carbons (Fsp3) is 0.300. The second-order valence-electron chi connectivity index (χ2n) is 7.35. The van der Waals surface area contributed by atoms with Crippen molar-refractivity contribution >= 4 is 29.4 Å². The van der Waals surface area contributed by atoms with E-state index in [9.17, 15) is 23.6 Å². The summed E-state index contributed by atoms with van der Waals surface area (Å²) in [4.78, 5) is 54.7. The SMILES string of the molecule is CCc1cc2n(CC(=O)Nc3ccc(F)cn3)c3c(c(=O)n2n1)CN(CCNC(=O)O)C3=O. The summed E-state index contributed by atoms with van der Waals surface area (Å²) in [6.07, 6.45) is 0.274. The lowest BCUT2D eigenvalue weighted by molar-refractivity contribution is -0.116. The first-order chi connectivity index (χ1) is 15.8. The summed E-state index contributed by atoms with van der Waals surface area (Å²) in [6.45, 7) is 1.53. The van der Waals surface area contributed by atoms with Gasteiger partial charge in [-0.15, -0.1) is 0 Å². The van der Waals surface area contributed by atoms with Crippen molar-refractivity contribution < 1.29 is 23.9 Å². The van der Waals surface area contributed by atoms with E-state index in [2.05, 4.69) is 20.7 Å². The third-order valence-electron chi connectivity index (χ3n) is 5.18. The minimum Gasteiger partial charge on any atom is -0.465 e. The third kappa shape index (κ3) is 4.24. The van der Waals surface area contributed by atoms with Crippen LogP contribution < -0.4 is 16.2 Å². The van der Waals surface area contributed by atoms with Gasteiger partial charge in [0.25, 0.3) is 11.5 Å². The molecule has 3 amide bonds. The molecule has 4 heterocycles. The van der Waals surface area contributed by atoms with Crippen molar-refractivity contribution in [3.8, 4) is 0 Å². The zero-order valence-corrected chi connectivity index (χ0v) is 17.5. The second-order valence-corrected chi connectivity index (χ2v) is 7.35. The van der Waals surface area contributed by atoms with Gasteiger partial charge in [0, 0.05) is 19.2 Å². The first-order valence-electron chi connectivity index (χ1n) is 10.1. The van der Waals surface area contributed by atoms with Gasteiger partial charge in [-0.2, -0.15) is 9.61 Å². The van der Waals surface area contributed by atoms with Gasteiger partial charge in [0.05, 0.1) is 24.0 Å². The maximum Gasteiger partial charge on any atom is 0.404 e. The zero-order valence-electron chi connectivity index (χ0n) is 17.5. The van der Waals surface area contributed by atoms with E-state index in [0.29, 0.717) is 12.1 Å². The largest absolute Gasteiger partial charge is 0.465 e. The molecule has 3 aromatic heterocycles. The van der Waals surface area contributed by atoms with Crippen LogP contribution in [-0.4, -0.2) is 60.2 Å². The summed E-state index contributed by atoms with van der Waals surface area (Å²) in [6, 6.07) is 4.08. The molecule has 0 unspecified atom stereocenters. The number of rotatable bonds is 7. The van der Waals surface area contributed by atoms with Crippen LogP contribution in [0.2, 0.25) is 0 Å². The molecular formula is C20H20FN7O5. The van der Waals surface area contributed by atoms with Crippen molar-refractivity contribution in [1.29, 1.82) is 0 Å². The Labute approximate surface area is 185 Å². The highest BCUT2D eigenvalue weighted by molar-refractivity contribution is 5.98. The number of fused-ring (bicyclic) bond motifs is 2. The number of hydrogen-bond acceptors (Lipinski definition) is 6. The minimum absolute atomic E-state index is 0.0168. The van der Waals surface area contributed by atoms with Crippen molar-refractivity contribution in [3.63, 3.8) is 0 Å². The number of pyridine rings is 1. The van der Waals surface area contributed by atoms with E-state index in [1.165, 1.54) is 15.5 Å². The lowest BCUT2D eigenvalue weighted by atomic mass is 10.2. The van der Waals surface area contributed by atoms with E-state index in [0.717, 1.165) is 16.8 Å². The monoisotopic (exact) mass is 457 g/mol. The van der Waals surface area contributed by atoms with E-state index >= 15 is 0 Å². The van der Waals surface area contributed by atoms with Crippen LogP contribution in [0.4, 0.5) is 15.0 Å². The zero-order chi connectivity index (χ0) is 23.7. The number of hydrogen-bond donors (Lipinski definition) is 3. The maximum atomic E-state index is 13.1. The molecule has 12 nitrogen and oxygen atoms in total. The molecule has 13 heteroatoms. The number of carbonyl (C=O) groups excluding carboxylic acids is 2. The summed E-state index contributed by atoms with van der Waals surface area (Å²) in [7, 11) is 0. The molecule has 4 rings (SSSR count). The molecule has 0 radical (unpaired) electrons. The Morgan fingerprint density at radius 1 is 1.27 bits per heavy atom. The highest BCUT2D eigenvalue weighted by Crippen LogP contribution is 2.22. The average molecular weight is 457 g/mol. The van der Waals surface area contributed by atoms with E-state index < -0.39 is 29.3 Å². The number of anilines is 1. The number of aromatic nitrogens is 4. The van der Waals surface area contributed by atoms with Gasteiger partial charge in [-0.3, -0.25) is 14.4 Å². The average Bonchev–Trinajstić information content (AvgIpc) is 3.35. The van der Waals surface area contributed by atoms with Gasteiger partial charge in [-0.25, -0.2) is 14.2 Å². The van der Waals surface area contributed by atoms with E-state index in [1.807, 2.05) is 6.92 Å². The number of amides is 3. The predicted octanol–water partition coefficient (Wildman–Crippen LogP) is 0.455. The van der Waals surface area contributed by atoms with Gasteiger partial charge in [0.2, 0.25) is 5.91 Å². The molecule has 1 aliphatic rings. The summed E-state index contributed by atoms with van der Waals surface area (Å²) >= 11 is 0. The Hall–Kier alpha value is -4.29. The number of carbonyl (C=O) groups is 3. The summed E-state index contributed by atoms with van der Waals surface area (Å²) in [5, 5.41) is 17.7. The molecule has 0 fully saturated rings. The Morgan fingerprint density at radius 3 is 2.73 bits per heavy atom. The molecule has 33 heavy (non-hydrogen) atoms. The maximum absolute atomic E-state index is 13.1. The van der Waals surface area contributed by atoms with Crippen LogP contribution >= 0.6 is 0 Å². The lowest BCUT2D eigenvalue weighted by Crippen LogP contribution is -2.35. The first kappa shape index (κ1) is 21.9. The Kier molecular flexibility index (Phi) is 5.77. The number of aryl methyl sites for hydroxylation is 1. The number of nitrogens with zero attached hydrogens (tertiary/aromatic N) is 5. The summed E-state index contributed by atoms with van der Waals surface area (Å²) in [5.41, 5.74) is 0.629. The molecule has 0 saturated heterocycles. The van der Waals surface area contributed by atoms with E-state index in [1.54, 1.807) is 6.07 Å². The van der Waals surface area contributed by atoms with E-state index in [4.69, 9.17) is 5.11 Å². The fourth-order valence-electron chi connectivity index (χ4n) is 3.65. The number of nitrogens with one attached hydrogen (secondary N) is 2. The van der Waals surface area contributed by atoms with Crippen LogP contribution in [0.1, 0.15) is 28.7 Å². The van der Waals surface area contributed by atoms with Gasteiger partial charge in [0.15, 0.2) is 0 Å². The normalized spacial score (nSPS) is 12.8. The molecule has 0 bridgehead atoms. The number of carboxylic acid groups (broad SMARTS) is 1. The highest BCUT2D eigenvalue weighted by Gasteiger charge is 2.35. The molecular weight excluding hydrogens is 437 g/mol. The Bertz CT molecular complexity index is 1320.